The molecule has 0 saturated heterocycles. The summed E-state index contributed by atoms with van der Waals surface area (Å²) < 4.78 is 0. The van der Waals surface area contributed by atoms with Gasteiger partial charge in [-0.15, -0.1) is 5.41 Å². The zero-order chi connectivity index (χ0) is 12.7. The van der Waals surface area contributed by atoms with E-state index in [1.54, 1.807) is 13.8 Å². The van der Waals surface area contributed by atoms with E-state index >= 15 is 0 Å². The summed E-state index contributed by atoms with van der Waals surface area (Å²) >= 11 is 0. The van der Waals surface area contributed by atoms with Gasteiger partial charge in [0.05, 0.1) is 5.41 Å². The molecular weight excluding hydrogens is 330 g/mol. The van der Waals surface area contributed by atoms with Crippen molar-refractivity contribution in [2.75, 3.05) is 0 Å². The van der Waals surface area contributed by atoms with Gasteiger partial charge in [0.15, 0.2) is 0 Å². The van der Waals surface area contributed by atoms with E-state index in [-0.39, 0.29) is 64.8 Å². The van der Waals surface area contributed by atoms with Crippen LogP contribution < -0.4 is 0 Å². The van der Waals surface area contributed by atoms with Crippen molar-refractivity contribution < 1.29 is 51.8 Å². The molecule has 0 aliphatic heterocycles. The second-order valence-electron chi connectivity index (χ2n) is 4.88. The predicted molar refractivity (Wildman–Crippen MR) is 81.0 cm³/mol. The maximum atomic E-state index is 10.3. The summed E-state index contributed by atoms with van der Waals surface area (Å²) in [7, 11) is 0. The van der Waals surface area contributed by atoms with E-state index in [1.807, 2.05) is 34.0 Å². The first-order valence-electron chi connectivity index (χ1n) is 5.25. The summed E-state index contributed by atoms with van der Waals surface area (Å²) in [6.45, 7) is 11.0. The smallest absolute Gasteiger partial charge is 0.541 e. The van der Waals surface area contributed by atoms with Crippen molar-refractivity contribution in [3.05, 3.63) is 14.9 Å². The predicted octanol–water partition coefficient (Wildman–Crippen LogP) is 4.57. The Kier molecular flexibility index (Phi) is 41.3. The molecule has 0 aromatic carbocycles. The molecule has 20 heavy (non-hydrogen) atoms. The fourth-order valence-corrected chi connectivity index (χ4v) is 0.223. The van der Waals surface area contributed by atoms with Crippen LogP contribution in [-0.4, -0.2) is 17.4 Å². The van der Waals surface area contributed by atoms with E-state index in [4.69, 9.17) is 5.11 Å². The van der Waals surface area contributed by atoms with Gasteiger partial charge in [0.2, 0.25) is 0 Å². The van der Waals surface area contributed by atoms with Crippen LogP contribution in [0.1, 0.15) is 61.8 Å². The van der Waals surface area contributed by atoms with Crippen LogP contribution >= 0.6 is 0 Å². The van der Waals surface area contributed by atoms with Crippen molar-refractivity contribution in [3.63, 3.8) is 0 Å². The van der Waals surface area contributed by atoms with Gasteiger partial charge in [0.1, 0.15) is 0 Å². The summed E-state index contributed by atoms with van der Waals surface area (Å²) in [5.41, 5.74) is -0.764. The Morgan fingerprint density at radius 3 is 1.35 bits per heavy atom. The third kappa shape index (κ3) is 23.4. The standard InChI is InChI=1S/C6H12O2.C6H11O.CH4.2CH3.2V/c1-4-6(2,3)5(7)8;1-4-6(2,3)5-7;;;;;/h4H2,1-3H3,(H,7,8);4H2,1-3H3;1H4;2*1H3;;/q;-1;;2*-1;;+2. The van der Waals surface area contributed by atoms with Gasteiger partial charge in [-0.05, 0) is 20.3 Å². The Balaban J connectivity index is -0.0000000272. The van der Waals surface area contributed by atoms with Crippen LogP contribution in [0.15, 0.2) is 0 Å². The number of carbonyl (C=O) groups excluding carboxylic acids is 1. The molecule has 5 heteroatoms. The van der Waals surface area contributed by atoms with Gasteiger partial charge < -0.3 is 24.8 Å². The molecule has 0 heterocycles. The number of hydrogen-bond acceptors (Lipinski definition) is 2. The summed E-state index contributed by atoms with van der Waals surface area (Å²) in [5, 5.41) is 8.44. The Labute approximate surface area is 151 Å². The quantitative estimate of drug-likeness (QED) is 0.745. The molecule has 0 amide bonds. The van der Waals surface area contributed by atoms with Gasteiger partial charge in [-0.25, -0.2) is 0 Å². The molecule has 0 spiro atoms. The third-order valence-corrected chi connectivity index (χ3v) is 2.62. The zero-order valence-corrected chi connectivity index (χ0v) is 16.4. The first-order valence-corrected chi connectivity index (χ1v) is 5.25. The van der Waals surface area contributed by atoms with Crippen LogP contribution in [0.3, 0.4) is 0 Å². The molecule has 0 unspecified atom stereocenters. The molecule has 122 valence electrons. The average molecular weight is 363 g/mol. The van der Waals surface area contributed by atoms with Crippen LogP contribution in [0.2, 0.25) is 0 Å². The van der Waals surface area contributed by atoms with Crippen molar-refractivity contribution in [1.29, 1.82) is 0 Å². The number of carboxylic acid groups (broad SMARTS) is 1. The Bertz CT molecular complexity index is 215. The third-order valence-electron chi connectivity index (χ3n) is 2.62. The average Bonchev–Trinajstić information content (AvgIpc) is 2.18. The van der Waals surface area contributed by atoms with E-state index in [0.29, 0.717) is 6.42 Å². The number of carboxylic acids is 1. The number of hydrogen-bond donors (Lipinski definition) is 1. The van der Waals surface area contributed by atoms with Crippen LogP contribution in [0, 0.1) is 25.7 Å². The molecule has 0 atom stereocenters. The van der Waals surface area contributed by atoms with Gasteiger partial charge in [-0.1, -0.05) is 41.5 Å². The molecule has 1 N–H and O–H groups in total. The van der Waals surface area contributed by atoms with E-state index in [2.05, 4.69) is 0 Å². The number of rotatable bonds is 4. The molecule has 0 aliphatic rings. The molecule has 0 aromatic rings. The van der Waals surface area contributed by atoms with Crippen LogP contribution in [0.4, 0.5) is 0 Å². The molecular formula is C15H33O3V2-. The second kappa shape index (κ2) is 19.3. The molecule has 0 bridgehead atoms. The maximum absolute atomic E-state index is 10.3. The summed E-state index contributed by atoms with van der Waals surface area (Å²) in [4.78, 5) is 20.2. The van der Waals surface area contributed by atoms with Crippen molar-refractivity contribution in [3.8, 4) is 0 Å². The van der Waals surface area contributed by atoms with Crippen molar-refractivity contribution in [2.45, 2.75) is 61.8 Å². The molecule has 2 radical (unpaired) electrons. The van der Waals surface area contributed by atoms with Crippen molar-refractivity contribution in [1.82, 2.24) is 0 Å². The monoisotopic (exact) mass is 363 g/mol. The normalized spacial score (nSPS) is 8.50. The molecule has 0 aromatic heterocycles. The molecule has 0 rings (SSSR count). The zero-order valence-electron chi connectivity index (χ0n) is 13.6. The van der Waals surface area contributed by atoms with E-state index in [9.17, 15) is 9.59 Å². The van der Waals surface area contributed by atoms with Crippen LogP contribution in [0.5, 0.6) is 0 Å². The van der Waals surface area contributed by atoms with Gasteiger partial charge in [-0.3, -0.25) is 11.1 Å². The minimum Gasteiger partial charge on any atom is -0.541 e. The first kappa shape index (κ1) is 42.7. The minimum absolute atomic E-state index is 0. The first-order chi connectivity index (χ1) is 6.63. The summed E-state index contributed by atoms with van der Waals surface area (Å²) in [5.74, 6) is -0.722. The molecule has 0 aliphatic carbocycles. The maximum Gasteiger partial charge on any atom is 2.00 e. The number of carbonyl (C=O) groups is 1. The van der Waals surface area contributed by atoms with E-state index in [0.717, 1.165) is 6.42 Å². The fourth-order valence-electron chi connectivity index (χ4n) is 0.223. The van der Waals surface area contributed by atoms with Gasteiger partial charge in [-0.2, -0.15) is 0 Å². The van der Waals surface area contributed by atoms with Crippen molar-refractivity contribution >= 4 is 12.3 Å². The molecule has 0 fully saturated rings. The Morgan fingerprint density at radius 1 is 1.05 bits per heavy atom. The molecule has 0 saturated carbocycles. The summed E-state index contributed by atoms with van der Waals surface area (Å²) in [6, 6.07) is 0. The minimum atomic E-state index is -0.722. The van der Waals surface area contributed by atoms with Crippen molar-refractivity contribution in [2.24, 2.45) is 10.8 Å². The second-order valence-corrected chi connectivity index (χ2v) is 4.88. The van der Waals surface area contributed by atoms with Crippen LogP contribution in [0.25, 0.3) is 0 Å². The largest absolute Gasteiger partial charge is 2.00 e. The van der Waals surface area contributed by atoms with Crippen LogP contribution in [-0.2, 0) is 46.7 Å². The Hall–Kier alpha value is 0.309. The SMILES string of the molecule is C.CCC(C)(C)C(=O)O.CCC(C)(C)[C-]=O.[CH3-].[CH3-].[V+2].[V]. The van der Waals surface area contributed by atoms with Gasteiger partial charge in [0.25, 0.3) is 0 Å². The summed E-state index contributed by atoms with van der Waals surface area (Å²) in [6.07, 6.45) is 3.50. The molecule has 3 nitrogen and oxygen atoms in total. The topological polar surface area (TPSA) is 54.4 Å². The van der Waals surface area contributed by atoms with E-state index < -0.39 is 11.4 Å². The number of aliphatic carboxylic acids is 1. The van der Waals surface area contributed by atoms with Gasteiger partial charge in [0, 0.05) is 18.6 Å². The Morgan fingerprint density at radius 2 is 1.35 bits per heavy atom. The fraction of sp³-hybridized carbons (Fsp3) is 0.733. The van der Waals surface area contributed by atoms with E-state index in [1.165, 1.54) is 0 Å². The van der Waals surface area contributed by atoms with Gasteiger partial charge >= 0.3 is 24.5 Å².